The molecule has 0 unspecified atom stereocenters. The predicted octanol–water partition coefficient (Wildman–Crippen LogP) is 3.20. The molecule has 126 valence electrons. The highest BCUT2D eigenvalue weighted by Gasteiger charge is 2.10. The second kappa shape index (κ2) is 7.64. The van der Waals surface area contributed by atoms with Gasteiger partial charge >= 0.3 is 0 Å². The Bertz CT molecular complexity index is 769. The summed E-state index contributed by atoms with van der Waals surface area (Å²) in [6, 6.07) is 10.7. The molecule has 2 N–H and O–H groups in total. The molecule has 0 heterocycles. The van der Waals surface area contributed by atoms with Crippen molar-refractivity contribution in [1.29, 1.82) is 0 Å². The van der Waals surface area contributed by atoms with Crippen LogP contribution in [0.4, 0.5) is 5.69 Å². The van der Waals surface area contributed by atoms with Crippen molar-refractivity contribution in [1.82, 2.24) is 5.32 Å². The molecule has 0 aromatic heterocycles. The van der Waals surface area contributed by atoms with Crippen molar-refractivity contribution in [3.63, 3.8) is 0 Å². The van der Waals surface area contributed by atoms with Gasteiger partial charge in [0.15, 0.2) is 0 Å². The lowest BCUT2D eigenvalue weighted by Crippen LogP contribution is -2.23. The predicted molar refractivity (Wildman–Crippen MR) is 94.4 cm³/mol. The van der Waals surface area contributed by atoms with Crippen molar-refractivity contribution in [2.75, 3.05) is 12.4 Å². The van der Waals surface area contributed by atoms with E-state index in [2.05, 4.69) is 10.6 Å². The molecule has 0 aliphatic rings. The lowest BCUT2D eigenvalue weighted by molar-refractivity contribution is -0.114. The molecule has 5 heteroatoms. The fourth-order valence-electron chi connectivity index (χ4n) is 2.48. The van der Waals surface area contributed by atoms with Crippen molar-refractivity contribution >= 4 is 17.5 Å². The van der Waals surface area contributed by atoms with Crippen molar-refractivity contribution in [2.45, 2.75) is 27.3 Å². The topological polar surface area (TPSA) is 67.4 Å². The van der Waals surface area contributed by atoms with Crippen LogP contribution in [0.1, 0.15) is 34.0 Å². The van der Waals surface area contributed by atoms with Gasteiger partial charge in [0.25, 0.3) is 5.91 Å². The van der Waals surface area contributed by atoms with E-state index < -0.39 is 0 Å². The van der Waals surface area contributed by atoms with Crippen LogP contribution in [0.2, 0.25) is 0 Å². The SMILES string of the molecule is COc1ccc(CNC(=O)c2cccc(NC(C)=O)c2)c(C)c1C. The number of hydrogen-bond donors (Lipinski definition) is 2. The van der Waals surface area contributed by atoms with E-state index in [0.717, 1.165) is 22.4 Å². The summed E-state index contributed by atoms with van der Waals surface area (Å²) in [7, 11) is 1.64. The normalized spacial score (nSPS) is 10.2. The average molecular weight is 326 g/mol. The van der Waals surface area contributed by atoms with Gasteiger partial charge < -0.3 is 15.4 Å². The summed E-state index contributed by atoms with van der Waals surface area (Å²) in [6.07, 6.45) is 0. The first-order valence-electron chi connectivity index (χ1n) is 7.71. The van der Waals surface area contributed by atoms with Crippen molar-refractivity contribution in [2.24, 2.45) is 0 Å². The van der Waals surface area contributed by atoms with E-state index in [0.29, 0.717) is 17.8 Å². The highest BCUT2D eigenvalue weighted by Crippen LogP contribution is 2.23. The number of carbonyl (C=O) groups excluding carboxylic acids is 2. The number of methoxy groups -OCH3 is 1. The number of hydrogen-bond acceptors (Lipinski definition) is 3. The Kier molecular flexibility index (Phi) is 5.58. The zero-order valence-electron chi connectivity index (χ0n) is 14.4. The molecule has 2 aromatic carbocycles. The number of benzene rings is 2. The summed E-state index contributed by atoms with van der Waals surface area (Å²) in [5.74, 6) is 0.484. The number of nitrogens with one attached hydrogen (secondary N) is 2. The fraction of sp³-hybridized carbons (Fsp3) is 0.263. The zero-order valence-corrected chi connectivity index (χ0v) is 14.4. The number of rotatable bonds is 5. The minimum absolute atomic E-state index is 0.170. The van der Waals surface area contributed by atoms with E-state index >= 15 is 0 Å². The smallest absolute Gasteiger partial charge is 0.251 e. The second-order valence-corrected chi connectivity index (χ2v) is 5.62. The second-order valence-electron chi connectivity index (χ2n) is 5.62. The number of ether oxygens (including phenoxy) is 1. The van der Waals surface area contributed by atoms with Gasteiger partial charge in [0.05, 0.1) is 7.11 Å². The molecule has 0 saturated heterocycles. The molecule has 0 aliphatic carbocycles. The largest absolute Gasteiger partial charge is 0.496 e. The molecule has 0 saturated carbocycles. The molecule has 0 fully saturated rings. The van der Waals surface area contributed by atoms with E-state index in [1.807, 2.05) is 26.0 Å². The van der Waals surface area contributed by atoms with Gasteiger partial charge in [-0.2, -0.15) is 0 Å². The Labute approximate surface area is 142 Å². The maximum atomic E-state index is 12.3. The maximum Gasteiger partial charge on any atom is 0.251 e. The first kappa shape index (κ1) is 17.5. The molecule has 24 heavy (non-hydrogen) atoms. The summed E-state index contributed by atoms with van der Waals surface area (Å²) in [4.78, 5) is 23.4. The van der Waals surface area contributed by atoms with E-state index in [4.69, 9.17) is 4.74 Å². The molecule has 2 rings (SSSR count). The third-order valence-electron chi connectivity index (χ3n) is 3.95. The maximum absolute atomic E-state index is 12.3. The summed E-state index contributed by atoms with van der Waals surface area (Å²) >= 11 is 0. The average Bonchev–Trinajstić information content (AvgIpc) is 2.55. The van der Waals surface area contributed by atoms with Gasteiger partial charge in [-0.15, -0.1) is 0 Å². The molecule has 0 aliphatic heterocycles. The Morgan fingerprint density at radius 1 is 1.08 bits per heavy atom. The summed E-state index contributed by atoms with van der Waals surface area (Å²) in [6.45, 7) is 5.87. The van der Waals surface area contributed by atoms with Crippen molar-refractivity contribution < 1.29 is 14.3 Å². The van der Waals surface area contributed by atoms with E-state index in [1.165, 1.54) is 6.92 Å². The van der Waals surface area contributed by atoms with Crippen molar-refractivity contribution in [3.8, 4) is 5.75 Å². The Morgan fingerprint density at radius 3 is 2.50 bits per heavy atom. The third kappa shape index (κ3) is 4.13. The monoisotopic (exact) mass is 326 g/mol. The van der Waals surface area contributed by atoms with Crippen LogP contribution < -0.4 is 15.4 Å². The first-order valence-corrected chi connectivity index (χ1v) is 7.71. The number of carbonyl (C=O) groups is 2. The summed E-state index contributed by atoms with van der Waals surface area (Å²) in [5.41, 5.74) is 4.31. The number of amides is 2. The Balaban J connectivity index is 2.08. The van der Waals surface area contributed by atoms with Crippen molar-refractivity contribution in [3.05, 3.63) is 58.7 Å². The van der Waals surface area contributed by atoms with Crippen LogP contribution in [0.25, 0.3) is 0 Å². The van der Waals surface area contributed by atoms with Gasteiger partial charge in [-0.1, -0.05) is 12.1 Å². The van der Waals surface area contributed by atoms with Gasteiger partial charge in [-0.05, 0) is 54.8 Å². The molecule has 2 aromatic rings. The minimum Gasteiger partial charge on any atom is -0.496 e. The molecular weight excluding hydrogens is 304 g/mol. The molecule has 0 bridgehead atoms. The van der Waals surface area contributed by atoms with Crippen LogP contribution in [-0.4, -0.2) is 18.9 Å². The fourth-order valence-corrected chi connectivity index (χ4v) is 2.48. The molecule has 0 atom stereocenters. The molecule has 0 radical (unpaired) electrons. The number of anilines is 1. The van der Waals surface area contributed by atoms with Crippen LogP contribution in [0, 0.1) is 13.8 Å². The molecular formula is C19H22N2O3. The highest BCUT2D eigenvalue weighted by atomic mass is 16.5. The van der Waals surface area contributed by atoms with Crippen LogP contribution in [-0.2, 0) is 11.3 Å². The van der Waals surface area contributed by atoms with Gasteiger partial charge in [-0.25, -0.2) is 0 Å². The van der Waals surface area contributed by atoms with Crippen LogP contribution in [0.15, 0.2) is 36.4 Å². The van der Waals surface area contributed by atoms with E-state index in [1.54, 1.807) is 31.4 Å². The van der Waals surface area contributed by atoms with Gasteiger partial charge in [0.2, 0.25) is 5.91 Å². The van der Waals surface area contributed by atoms with E-state index in [-0.39, 0.29) is 11.8 Å². The van der Waals surface area contributed by atoms with Crippen LogP contribution in [0.3, 0.4) is 0 Å². The van der Waals surface area contributed by atoms with Gasteiger partial charge in [0, 0.05) is 24.7 Å². The van der Waals surface area contributed by atoms with Crippen LogP contribution in [0.5, 0.6) is 5.75 Å². The summed E-state index contributed by atoms with van der Waals surface area (Å²) in [5, 5.41) is 5.58. The molecule has 0 spiro atoms. The highest BCUT2D eigenvalue weighted by molar-refractivity contribution is 5.96. The summed E-state index contributed by atoms with van der Waals surface area (Å²) < 4.78 is 5.30. The Morgan fingerprint density at radius 2 is 1.83 bits per heavy atom. The molecule has 5 nitrogen and oxygen atoms in total. The lowest BCUT2D eigenvalue weighted by Gasteiger charge is -2.13. The zero-order chi connectivity index (χ0) is 17.7. The molecule has 2 amide bonds. The van der Waals surface area contributed by atoms with E-state index in [9.17, 15) is 9.59 Å². The standard InChI is InChI=1S/C19H22N2O3/c1-12-13(2)18(24-4)9-8-16(12)11-20-19(23)15-6-5-7-17(10-15)21-14(3)22/h5-10H,11H2,1-4H3,(H,20,23)(H,21,22). The Hall–Kier alpha value is -2.82. The first-order chi connectivity index (χ1) is 11.4. The van der Waals surface area contributed by atoms with Gasteiger partial charge in [-0.3, -0.25) is 9.59 Å². The van der Waals surface area contributed by atoms with Crippen LogP contribution >= 0.6 is 0 Å². The quantitative estimate of drug-likeness (QED) is 0.886. The lowest BCUT2D eigenvalue weighted by atomic mass is 10.0. The minimum atomic E-state index is -0.185. The third-order valence-corrected chi connectivity index (χ3v) is 3.95. The van der Waals surface area contributed by atoms with Gasteiger partial charge in [0.1, 0.15) is 5.75 Å².